The van der Waals surface area contributed by atoms with Gasteiger partial charge in [-0.3, -0.25) is 14.3 Å². The third-order valence-corrected chi connectivity index (χ3v) is 3.72. The van der Waals surface area contributed by atoms with Gasteiger partial charge in [-0.05, 0) is 13.0 Å². The summed E-state index contributed by atoms with van der Waals surface area (Å²) >= 11 is 0. The van der Waals surface area contributed by atoms with Gasteiger partial charge in [0.05, 0.1) is 0 Å². The molecule has 1 saturated heterocycles. The number of aryl methyl sites for hydroxylation is 1. The van der Waals surface area contributed by atoms with Crippen LogP contribution in [0.3, 0.4) is 0 Å². The van der Waals surface area contributed by atoms with Crippen LogP contribution in [-0.4, -0.2) is 57.0 Å². The van der Waals surface area contributed by atoms with Crippen molar-refractivity contribution in [2.24, 2.45) is 0 Å². The SMILES string of the molecule is COP(=O)(O)COC1O[CH-][C@H](O)[C@@H]1O.Cc1c[nH]c(=O)[nH]c1=O.[Na+]. The van der Waals surface area contributed by atoms with Crippen LogP contribution in [0.4, 0.5) is 0 Å². The zero-order valence-electron chi connectivity index (χ0n) is 13.3. The summed E-state index contributed by atoms with van der Waals surface area (Å²) in [5.74, 6) is 0. The van der Waals surface area contributed by atoms with E-state index in [1.54, 1.807) is 6.92 Å². The molecule has 0 aromatic carbocycles. The minimum Gasteiger partial charge on any atom is -0.525 e. The zero-order chi connectivity index (χ0) is 17.6. The Bertz CT molecular complexity index is 663. The van der Waals surface area contributed by atoms with E-state index in [4.69, 9.17) is 14.7 Å². The van der Waals surface area contributed by atoms with Gasteiger partial charge in [0, 0.05) is 18.9 Å². The van der Waals surface area contributed by atoms with Crippen molar-refractivity contribution in [2.75, 3.05) is 13.5 Å². The van der Waals surface area contributed by atoms with Crippen molar-refractivity contribution in [1.82, 2.24) is 9.97 Å². The first kappa shape index (κ1) is 23.7. The number of rotatable bonds is 4. The second kappa shape index (κ2) is 10.6. The Morgan fingerprint density at radius 2 is 2.04 bits per heavy atom. The molecule has 2 unspecified atom stereocenters. The van der Waals surface area contributed by atoms with Gasteiger partial charge in [0.25, 0.3) is 5.56 Å². The topological polar surface area (TPSA) is 171 Å². The van der Waals surface area contributed by atoms with Crippen molar-refractivity contribution in [3.8, 4) is 0 Å². The van der Waals surface area contributed by atoms with E-state index in [1.165, 1.54) is 6.20 Å². The van der Waals surface area contributed by atoms with Crippen LogP contribution < -0.4 is 40.8 Å². The Hall–Kier alpha value is -0.330. The molecule has 0 spiro atoms. The fourth-order valence-electron chi connectivity index (χ4n) is 1.32. The number of hydrogen-bond donors (Lipinski definition) is 5. The van der Waals surface area contributed by atoms with Crippen molar-refractivity contribution in [3.05, 3.63) is 39.2 Å². The molecule has 1 fully saturated rings. The summed E-state index contributed by atoms with van der Waals surface area (Å²) in [5, 5.41) is 18.2. The minimum atomic E-state index is -3.78. The van der Waals surface area contributed by atoms with E-state index in [0.717, 1.165) is 13.7 Å². The average Bonchev–Trinajstić information content (AvgIpc) is 2.82. The Kier molecular flexibility index (Phi) is 10.5. The van der Waals surface area contributed by atoms with E-state index in [9.17, 15) is 19.3 Å². The second-order valence-corrected chi connectivity index (χ2v) is 6.39. The van der Waals surface area contributed by atoms with E-state index in [0.29, 0.717) is 5.56 Å². The maximum absolute atomic E-state index is 10.9. The molecule has 0 bridgehead atoms. The molecular formula is C11H18N2NaO9P. The third kappa shape index (κ3) is 7.70. The maximum Gasteiger partial charge on any atom is 1.00 e. The van der Waals surface area contributed by atoms with E-state index in [2.05, 4.69) is 19.2 Å². The van der Waals surface area contributed by atoms with Crippen LogP contribution in [0.15, 0.2) is 15.8 Å². The molecule has 0 saturated carbocycles. The number of aromatic amines is 2. The van der Waals surface area contributed by atoms with Crippen LogP contribution in [0, 0.1) is 13.5 Å². The van der Waals surface area contributed by atoms with Crippen LogP contribution in [0.1, 0.15) is 5.56 Å². The minimum absolute atomic E-state index is 0. The first-order chi connectivity index (χ1) is 10.7. The fraction of sp³-hybridized carbons (Fsp3) is 0.545. The molecule has 11 nitrogen and oxygen atoms in total. The van der Waals surface area contributed by atoms with Gasteiger partial charge in [-0.2, -0.15) is 6.61 Å². The summed E-state index contributed by atoms with van der Waals surface area (Å²) in [6, 6.07) is 0. The van der Waals surface area contributed by atoms with Crippen molar-refractivity contribution in [1.29, 1.82) is 0 Å². The van der Waals surface area contributed by atoms with Gasteiger partial charge in [-0.15, -0.1) is 0 Å². The van der Waals surface area contributed by atoms with Gasteiger partial charge in [0.15, 0.2) is 12.6 Å². The summed E-state index contributed by atoms with van der Waals surface area (Å²) in [6.07, 6.45) is -2.78. The van der Waals surface area contributed by atoms with Crippen molar-refractivity contribution < 1.29 is 63.2 Å². The molecule has 0 amide bonds. The van der Waals surface area contributed by atoms with Gasteiger partial charge in [-0.25, -0.2) is 4.79 Å². The number of nitrogens with one attached hydrogen (secondary N) is 2. The fourth-order valence-corrected chi connectivity index (χ4v) is 1.76. The van der Waals surface area contributed by atoms with Crippen LogP contribution in [0.25, 0.3) is 0 Å². The molecule has 24 heavy (non-hydrogen) atoms. The van der Waals surface area contributed by atoms with E-state index < -0.39 is 38.1 Å². The molecule has 132 valence electrons. The second-order valence-electron chi connectivity index (χ2n) is 4.49. The predicted molar refractivity (Wildman–Crippen MR) is 76.4 cm³/mol. The van der Waals surface area contributed by atoms with Crippen LogP contribution in [0.5, 0.6) is 0 Å². The van der Waals surface area contributed by atoms with Gasteiger partial charge in [0.1, 0.15) is 6.10 Å². The first-order valence-corrected chi connectivity index (χ1v) is 8.05. The summed E-state index contributed by atoms with van der Waals surface area (Å²) in [4.78, 5) is 34.2. The summed E-state index contributed by atoms with van der Waals surface area (Å²) < 4.78 is 24.6. The normalized spacial score (nSPS) is 25.1. The molecule has 13 heteroatoms. The monoisotopic (exact) mass is 376 g/mol. The molecule has 0 aliphatic carbocycles. The van der Waals surface area contributed by atoms with Crippen LogP contribution in [-0.2, 0) is 18.6 Å². The van der Waals surface area contributed by atoms with Crippen molar-refractivity contribution in [2.45, 2.75) is 25.4 Å². The largest absolute Gasteiger partial charge is 1.00 e. The van der Waals surface area contributed by atoms with Crippen LogP contribution >= 0.6 is 7.60 Å². The first-order valence-electron chi connectivity index (χ1n) is 6.29. The van der Waals surface area contributed by atoms with Gasteiger partial charge in [-0.1, -0.05) is 0 Å². The summed E-state index contributed by atoms with van der Waals surface area (Å²) in [5.41, 5.74) is -0.293. The number of aliphatic hydroxyl groups excluding tert-OH is 2. The average molecular weight is 376 g/mol. The van der Waals surface area contributed by atoms with E-state index in [1.807, 2.05) is 0 Å². The molecule has 1 aliphatic heterocycles. The standard InChI is InChI=1S/C6H12O7P.C5H6N2O2.Na/c1-11-14(9,10)3-13-6-5(8)4(7)2-12-6;1-3-2-6-5(9)7-4(3)8;/h2,4-8H,3H2,1H3,(H,9,10);2H,1H3,(H2,6,7,8,9);/q-1;;+1/t4-,5-,6?;;/m0../s1. The van der Waals surface area contributed by atoms with E-state index in [-0.39, 0.29) is 35.1 Å². The quantitative estimate of drug-likeness (QED) is 0.197. The number of H-pyrrole nitrogens is 2. The Morgan fingerprint density at radius 1 is 1.42 bits per heavy atom. The number of aromatic nitrogens is 2. The Labute approximate surface area is 158 Å². The van der Waals surface area contributed by atoms with Gasteiger partial charge in [0.2, 0.25) is 0 Å². The summed E-state index contributed by atoms with van der Waals surface area (Å²) in [6.45, 7) is 2.61. The molecule has 1 aromatic heterocycles. The predicted octanol–water partition coefficient (Wildman–Crippen LogP) is -4.59. The Balaban J connectivity index is 0.000000460. The molecule has 2 rings (SSSR count). The van der Waals surface area contributed by atoms with Crippen molar-refractivity contribution >= 4 is 7.60 Å². The smallest absolute Gasteiger partial charge is 0.525 e. The zero-order valence-corrected chi connectivity index (χ0v) is 16.2. The molecular weight excluding hydrogens is 358 g/mol. The number of ether oxygens (including phenoxy) is 2. The summed E-state index contributed by atoms with van der Waals surface area (Å²) in [7, 11) is -2.71. The number of hydrogen-bond acceptors (Lipinski definition) is 8. The third-order valence-electron chi connectivity index (χ3n) is 2.67. The van der Waals surface area contributed by atoms with Gasteiger partial charge < -0.3 is 34.1 Å². The van der Waals surface area contributed by atoms with E-state index >= 15 is 0 Å². The molecule has 2 heterocycles. The molecule has 1 aliphatic rings. The van der Waals surface area contributed by atoms with Crippen molar-refractivity contribution in [3.63, 3.8) is 0 Å². The molecule has 4 atom stereocenters. The Morgan fingerprint density at radius 3 is 2.46 bits per heavy atom. The number of aliphatic hydroxyl groups is 2. The maximum atomic E-state index is 10.9. The molecule has 0 radical (unpaired) electrons. The van der Waals surface area contributed by atoms with Gasteiger partial charge >= 0.3 is 42.8 Å². The van der Waals surface area contributed by atoms with Crippen LogP contribution in [0.2, 0.25) is 0 Å². The molecule has 5 N–H and O–H groups in total. The molecule has 1 aromatic rings.